The van der Waals surface area contributed by atoms with Gasteiger partial charge in [0.15, 0.2) is 0 Å². The fourth-order valence-corrected chi connectivity index (χ4v) is 4.59. The van der Waals surface area contributed by atoms with E-state index in [9.17, 15) is 9.59 Å². The lowest BCUT2D eigenvalue weighted by Crippen LogP contribution is -2.38. The number of amides is 1. The Labute approximate surface area is 189 Å². The van der Waals surface area contributed by atoms with E-state index in [0.717, 1.165) is 48.1 Å². The zero-order chi connectivity index (χ0) is 22.3. The average Bonchev–Trinajstić information content (AvgIpc) is 2.84. The Balaban J connectivity index is 1.60. The zero-order valence-electron chi connectivity index (χ0n) is 18.3. The molecular weight excluding hydrogens is 398 g/mol. The molecule has 1 aliphatic rings. The molecule has 1 fully saturated rings. The minimum Gasteiger partial charge on any atom is -0.347 e. The number of pyridine rings is 1. The van der Waals surface area contributed by atoms with Gasteiger partial charge in [0.1, 0.15) is 0 Å². The van der Waals surface area contributed by atoms with Gasteiger partial charge in [0.05, 0.1) is 6.04 Å². The van der Waals surface area contributed by atoms with E-state index in [1.807, 2.05) is 66.7 Å². The summed E-state index contributed by atoms with van der Waals surface area (Å²) in [5.41, 5.74) is 9.30. The highest BCUT2D eigenvalue weighted by Gasteiger charge is 2.28. The van der Waals surface area contributed by atoms with Gasteiger partial charge in [-0.2, -0.15) is 0 Å². The van der Waals surface area contributed by atoms with Crippen LogP contribution in [0.2, 0.25) is 0 Å². The van der Waals surface area contributed by atoms with Gasteiger partial charge in [-0.3, -0.25) is 9.59 Å². The van der Waals surface area contributed by atoms with E-state index < -0.39 is 0 Å². The van der Waals surface area contributed by atoms with Crippen LogP contribution >= 0.6 is 0 Å². The Morgan fingerprint density at radius 1 is 0.938 bits per heavy atom. The van der Waals surface area contributed by atoms with Crippen LogP contribution in [-0.4, -0.2) is 17.4 Å². The van der Waals surface area contributed by atoms with Crippen LogP contribution in [0.4, 0.5) is 0 Å². The second-order valence-corrected chi connectivity index (χ2v) is 8.76. The molecule has 3 aromatic rings. The van der Waals surface area contributed by atoms with Crippen molar-refractivity contribution in [2.75, 3.05) is 6.54 Å². The third-order valence-corrected chi connectivity index (χ3v) is 6.50. The Morgan fingerprint density at radius 2 is 1.59 bits per heavy atom. The number of hydrogen-bond donors (Lipinski definition) is 3. The number of carbonyl (C=O) groups is 1. The molecule has 1 aromatic heterocycles. The van der Waals surface area contributed by atoms with Gasteiger partial charge in [-0.25, -0.2) is 0 Å². The average molecular weight is 430 g/mol. The van der Waals surface area contributed by atoms with E-state index in [1.54, 1.807) is 6.07 Å². The molecule has 1 aliphatic carbocycles. The first kappa shape index (κ1) is 22.0. The minimum atomic E-state index is -0.312. The van der Waals surface area contributed by atoms with Crippen LogP contribution in [-0.2, 0) is 11.2 Å². The monoisotopic (exact) mass is 429 g/mol. The van der Waals surface area contributed by atoms with Gasteiger partial charge in [-0.1, -0.05) is 60.7 Å². The van der Waals surface area contributed by atoms with Crippen LogP contribution < -0.4 is 16.6 Å². The molecule has 32 heavy (non-hydrogen) atoms. The van der Waals surface area contributed by atoms with E-state index in [1.165, 1.54) is 0 Å². The summed E-state index contributed by atoms with van der Waals surface area (Å²) in [6.07, 6.45) is 4.34. The SMILES string of the molecule is NC[C@H]1CC[C@H](C(=O)NC(Cc2ccccc2)c2cc(-c3ccccc3)cc(=O)[nH]2)CC1. The number of aromatic amines is 1. The van der Waals surface area contributed by atoms with Gasteiger partial charge in [-0.05, 0) is 67.3 Å². The van der Waals surface area contributed by atoms with E-state index in [-0.39, 0.29) is 23.4 Å². The number of benzene rings is 2. The first-order chi connectivity index (χ1) is 15.6. The molecule has 1 unspecified atom stereocenters. The van der Waals surface area contributed by atoms with Crippen molar-refractivity contribution in [2.45, 2.75) is 38.1 Å². The predicted octanol–water partition coefficient (Wildman–Crippen LogP) is 4.21. The van der Waals surface area contributed by atoms with E-state index in [4.69, 9.17) is 5.73 Å². The summed E-state index contributed by atoms with van der Waals surface area (Å²) in [6, 6.07) is 23.2. The summed E-state index contributed by atoms with van der Waals surface area (Å²) in [5.74, 6) is 0.588. The largest absolute Gasteiger partial charge is 0.347 e. The van der Waals surface area contributed by atoms with Crippen molar-refractivity contribution in [3.05, 3.63) is 94.4 Å². The molecule has 0 saturated heterocycles. The first-order valence-electron chi connectivity index (χ1n) is 11.5. The van der Waals surface area contributed by atoms with Crippen LogP contribution in [0, 0.1) is 11.8 Å². The second kappa shape index (κ2) is 10.4. The quantitative estimate of drug-likeness (QED) is 0.526. The van der Waals surface area contributed by atoms with Crippen molar-refractivity contribution in [3.8, 4) is 11.1 Å². The van der Waals surface area contributed by atoms with Gasteiger partial charge in [0.2, 0.25) is 11.5 Å². The van der Waals surface area contributed by atoms with E-state index in [2.05, 4.69) is 10.3 Å². The summed E-state index contributed by atoms with van der Waals surface area (Å²) in [5, 5.41) is 3.25. The van der Waals surface area contributed by atoms with Crippen LogP contribution in [0.5, 0.6) is 0 Å². The fourth-order valence-electron chi connectivity index (χ4n) is 4.59. The molecule has 0 aliphatic heterocycles. The van der Waals surface area contributed by atoms with Gasteiger partial charge < -0.3 is 16.0 Å². The molecule has 166 valence electrons. The Kier molecular flexibility index (Phi) is 7.17. The normalized spacial score (nSPS) is 19.3. The number of nitrogens with one attached hydrogen (secondary N) is 2. The molecule has 5 heteroatoms. The molecule has 4 N–H and O–H groups in total. The molecule has 1 amide bonds. The van der Waals surface area contributed by atoms with Crippen LogP contribution in [0.3, 0.4) is 0 Å². The van der Waals surface area contributed by atoms with Gasteiger partial charge in [0, 0.05) is 17.7 Å². The maximum atomic E-state index is 13.2. The number of H-pyrrole nitrogens is 1. The number of aromatic nitrogens is 1. The standard InChI is InChI=1S/C27H31N3O2/c28-18-20-11-13-22(14-12-20)27(32)30-24(15-19-7-3-1-4-8-19)25-16-23(17-26(31)29-25)21-9-5-2-6-10-21/h1-10,16-17,20,22,24H,11-15,18,28H2,(H,29,31)(H,30,32)/t20-,22-,24?. The third kappa shape index (κ3) is 5.54. The van der Waals surface area contributed by atoms with E-state index in [0.29, 0.717) is 18.9 Å². The molecule has 1 saturated carbocycles. The molecule has 0 spiro atoms. The van der Waals surface area contributed by atoms with Crippen molar-refractivity contribution in [1.82, 2.24) is 10.3 Å². The molecular formula is C27H31N3O2. The molecule has 0 radical (unpaired) electrons. The molecule has 2 aromatic carbocycles. The van der Waals surface area contributed by atoms with Crippen LogP contribution in [0.25, 0.3) is 11.1 Å². The number of carbonyl (C=O) groups excluding carboxylic acids is 1. The lowest BCUT2D eigenvalue weighted by molar-refractivity contribution is -0.127. The third-order valence-electron chi connectivity index (χ3n) is 6.50. The van der Waals surface area contributed by atoms with Crippen molar-refractivity contribution in [2.24, 2.45) is 17.6 Å². The van der Waals surface area contributed by atoms with Gasteiger partial charge in [0.25, 0.3) is 0 Å². The number of rotatable bonds is 7. The maximum absolute atomic E-state index is 13.2. The zero-order valence-corrected chi connectivity index (χ0v) is 18.3. The molecule has 5 nitrogen and oxygen atoms in total. The summed E-state index contributed by atoms with van der Waals surface area (Å²) in [6.45, 7) is 0.693. The number of hydrogen-bond acceptors (Lipinski definition) is 3. The van der Waals surface area contributed by atoms with Crippen LogP contribution in [0.1, 0.15) is 43.0 Å². The highest BCUT2D eigenvalue weighted by molar-refractivity contribution is 5.79. The fraction of sp³-hybridized carbons (Fsp3) is 0.333. The second-order valence-electron chi connectivity index (χ2n) is 8.76. The predicted molar refractivity (Wildman–Crippen MR) is 128 cm³/mol. The van der Waals surface area contributed by atoms with Crippen molar-refractivity contribution in [3.63, 3.8) is 0 Å². The highest BCUT2D eigenvalue weighted by atomic mass is 16.2. The van der Waals surface area contributed by atoms with Crippen molar-refractivity contribution < 1.29 is 4.79 Å². The molecule has 0 bridgehead atoms. The summed E-state index contributed by atoms with van der Waals surface area (Å²) in [4.78, 5) is 28.7. The lowest BCUT2D eigenvalue weighted by Gasteiger charge is -2.29. The minimum absolute atomic E-state index is 0.0000938. The van der Waals surface area contributed by atoms with Crippen molar-refractivity contribution in [1.29, 1.82) is 0 Å². The molecule has 4 rings (SSSR count). The topological polar surface area (TPSA) is 88.0 Å². The Bertz CT molecular complexity index is 1070. The lowest BCUT2D eigenvalue weighted by atomic mass is 9.81. The van der Waals surface area contributed by atoms with Crippen LogP contribution in [0.15, 0.2) is 77.6 Å². The highest BCUT2D eigenvalue weighted by Crippen LogP contribution is 2.29. The van der Waals surface area contributed by atoms with E-state index >= 15 is 0 Å². The molecule has 1 heterocycles. The Morgan fingerprint density at radius 3 is 2.25 bits per heavy atom. The first-order valence-corrected chi connectivity index (χ1v) is 11.5. The summed E-state index contributed by atoms with van der Waals surface area (Å²) >= 11 is 0. The Hall–Kier alpha value is -3.18. The molecule has 1 atom stereocenters. The van der Waals surface area contributed by atoms with Crippen molar-refractivity contribution >= 4 is 5.91 Å². The smallest absolute Gasteiger partial charge is 0.248 e. The number of nitrogens with two attached hydrogens (primary N) is 1. The summed E-state index contributed by atoms with van der Waals surface area (Å²) in [7, 11) is 0. The van der Waals surface area contributed by atoms with Gasteiger partial charge in [-0.15, -0.1) is 0 Å². The van der Waals surface area contributed by atoms with Gasteiger partial charge >= 0.3 is 0 Å². The maximum Gasteiger partial charge on any atom is 0.248 e. The summed E-state index contributed by atoms with van der Waals surface area (Å²) < 4.78 is 0.